The molecule has 2 aromatic carbocycles. The van der Waals surface area contributed by atoms with Gasteiger partial charge in [-0.05, 0) is 55.2 Å². The molecule has 0 amide bonds. The summed E-state index contributed by atoms with van der Waals surface area (Å²) in [5.41, 5.74) is 7.66. The van der Waals surface area contributed by atoms with Crippen LogP contribution in [0.3, 0.4) is 0 Å². The normalized spacial score (nSPS) is 10.5. The number of rotatable bonds is 4. The highest BCUT2D eigenvalue weighted by Gasteiger charge is 2.04. The molecule has 2 rings (SSSR count). The molecule has 0 spiro atoms. The van der Waals surface area contributed by atoms with Crippen LogP contribution in [0, 0.1) is 20.8 Å². The van der Waals surface area contributed by atoms with Crippen LogP contribution in [-0.2, 0) is 12.4 Å². The molecule has 0 unspecified atom stereocenters. The van der Waals surface area contributed by atoms with Crippen molar-refractivity contribution in [3.63, 3.8) is 0 Å². The maximum Gasteiger partial charge on any atom is 0.0474 e. The zero-order valence-corrected chi connectivity index (χ0v) is 12.5. The van der Waals surface area contributed by atoms with Gasteiger partial charge in [-0.3, -0.25) is 0 Å². The second-order valence-corrected chi connectivity index (χ2v) is 5.33. The lowest BCUT2D eigenvalue weighted by atomic mass is 10.00. The quantitative estimate of drug-likeness (QED) is 0.776. The van der Waals surface area contributed by atoms with E-state index < -0.39 is 0 Å². The largest absolute Gasteiger partial charge is 0.381 e. The smallest absolute Gasteiger partial charge is 0.0474 e. The van der Waals surface area contributed by atoms with Crippen LogP contribution >= 0.6 is 11.6 Å². The first-order chi connectivity index (χ1) is 9.10. The number of hydrogen-bond acceptors (Lipinski definition) is 1. The summed E-state index contributed by atoms with van der Waals surface area (Å²) in [4.78, 5) is 0. The van der Waals surface area contributed by atoms with E-state index in [4.69, 9.17) is 11.6 Å². The van der Waals surface area contributed by atoms with E-state index in [1.807, 2.05) is 12.1 Å². The van der Waals surface area contributed by atoms with Gasteiger partial charge in [0.1, 0.15) is 0 Å². The Morgan fingerprint density at radius 2 is 1.68 bits per heavy atom. The summed E-state index contributed by atoms with van der Waals surface area (Å²) in [6, 6.07) is 12.7. The minimum atomic E-state index is 0.554. The van der Waals surface area contributed by atoms with Gasteiger partial charge in [0.05, 0.1) is 0 Å². The molecular weight excluding hydrogens is 254 g/mol. The number of anilines is 1. The van der Waals surface area contributed by atoms with E-state index in [0.717, 1.165) is 17.8 Å². The fourth-order valence-corrected chi connectivity index (χ4v) is 2.61. The van der Waals surface area contributed by atoms with Crippen LogP contribution in [0.2, 0.25) is 0 Å². The fraction of sp³-hybridized carbons (Fsp3) is 0.294. The molecule has 1 nitrogen and oxygen atoms in total. The monoisotopic (exact) mass is 273 g/mol. The van der Waals surface area contributed by atoms with Crippen molar-refractivity contribution in [2.45, 2.75) is 33.2 Å². The van der Waals surface area contributed by atoms with Crippen LogP contribution in [0.4, 0.5) is 5.69 Å². The van der Waals surface area contributed by atoms with Crippen molar-refractivity contribution in [1.29, 1.82) is 0 Å². The van der Waals surface area contributed by atoms with Crippen molar-refractivity contribution in [2.24, 2.45) is 0 Å². The number of halogens is 1. The Morgan fingerprint density at radius 3 is 2.32 bits per heavy atom. The van der Waals surface area contributed by atoms with E-state index in [1.165, 1.54) is 22.3 Å². The highest BCUT2D eigenvalue weighted by Crippen LogP contribution is 2.19. The minimum absolute atomic E-state index is 0.554. The molecule has 0 bridgehead atoms. The van der Waals surface area contributed by atoms with Gasteiger partial charge in [0.15, 0.2) is 0 Å². The van der Waals surface area contributed by atoms with Crippen LogP contribution in [0.15, 0.2) is 36.4 Å². The molecule has 0 radical (unpaired) electrons. The van der Waals surface area contributed by atoms with Crippen LogP contribution in [0.1, 0.15) is 27.8 Å². The van der Waals surface area contributed by atoms with Gasteiger partial charge in [0.25, 0.3) is 0 Å². The highest BCUT2D eigenvalue weighted by atomic mass is 35.5. The lowest BCUT2D eigenvalue weighted by molar-refractivity contribution is 1.08. The lowest BCUT2D eigenvalue weighted by Crippen LogP contribution is -2.04. The van der Waals surface area contributed by atoms with Crippen molar-refractivity contribution in [2.75, 3.05) is 5.32 Å². The third-order valence-electron chi connectivity index (χ3n) is 3.39. The standard InChI is InChI=1S/C17H20ClN/c1-12-7-13(2)17(14(3)8-12)11-19-16-6-4-5-15(9-16)10-18/h4-9,19H,10-11H2,1-3H3. The molecule has 0 saturated carbocycles. The van der Waals surface area contributed by atoms with Crippen molar-refractivity contribution in [3.8, 4) is 0 Å². The van der Waals surface area contributed by atoms with Crippen LogP contribution < -0.4 is 5.32 Å². The average Bonchev–Trinajstić information content (AvgIpc) is 2.37. The molecule has 0 aromatic heterocycles. The molecule has 0 heterocycles. The Labute approximate surface area is 120 Å². The number of nitrogens with one attached hydrogen (secondary N) is 1. The van der Waals surface area contributed by atoms with E-state index in [-0.39, 0.29) is 0 Å². The first-order valence-corrected chi connectivity index (χ1v) is 7.09. The Balaban J connectivity index is 2.14. The third-order valence-corrected chi connectivity index (χ3v) is 3.70. The van der Waals surface area contributed by atoms with Crippen LogP contribution in [0.25, 0.3) is 0 Å². The van der Waals surface area contributed by atoms with Gasteiger partial charge in [0, 0.05) is 18.1 Å². The van der Waals surface area contributed by atoms with Crippen molar-refractivity contribution < 1.29 is 0 Å². The molecule has 2 heteroatoms. The van der Waals surface area contributed by atoms with Crippen molar-refractivity contribution in [3.05, 3.63) is 64.2 Å². The van der Waals surface area contributed by atoms with Crippen molar-refractivity contribution >= 4 is 17.3 Å². The summed E-state index contributed by atoms with van der Waals surface area (Å²) in [6.07, 6.45) is 0. The second-order valence-electron chi connectivity index (χ2n) is 5.06. The molecule has 2 aromatic rings. The average molecular weight is 274 g/mol. The summed E-state index contributed by atoms with van der Waals surface area (Å²) < 4.78 is 0. The first kappa shape index (κ1) is 14.0. The molecule has 0 aliphatic carbocycles. The topological polar surface area (TPSA) is 12.0 Å². The molecule has 0 aliphatic rings. The second kappa shape index (κ2) is 6.12. The molecule has 0 fully saturated rings. The number of aryl methyl sites for hydroxylation is 3. The summed E-state index contributed by atoms with van der Waals surface area (Å²) in [7, 11) is 0. The lowest BCUT2D eigenvalue weighted by Gasteiger charge is -2.13. The van der Waals surface area contributed by atoms with E-state index in [0.29, 0.717) is 5.88 Å². The molecule has 0 aliphatic heterocycles. The van der Waals surface area contributed by atoms with E-state index in [9.17, 15) is 0 Å². The number of alkyl halides is 1. The number of hydrogen-bond donors (Lipinski definition) is 1. The maximum atomic E-state index is 5.86. The minimum Gasteiger partial charge on any atom is -0.381 e. The van der Waals surface area contributed by atoms with Gasteiger partial charge in [-0.15, -0.1) is 11.6 Å². The Kier molecular flexibility index (Phi) is 4.49. The fourth-order valence-electron chi connectivity index (χ4n) is 2.44. The zero-order chi connectivity index (χ0) is 13.8. The predicted molar refractivity (Wildman–Crippen MR) is 84.0 cm³/mol. The zero-order valence-electron chi connectivity index (χ0n) is 11.8. The van der Waals surface area contributed by atoms with Crippen LogP contribution in [-0.4, -0.2) is 0 Å². The molecule has 100 valence electrons. The number of benzene rings is 2. The maximum absolute atomic E-state index is 5.86. The molecule has 0 atom stereocenters. The molecule has 0 saturated heterocycles. The first-order valence-electron chi connectivity index (χ1n) is 6.55. The Bertz CT molecular complexity index is 552. The van der Waals surface area contributed by atoms with E-state index in [1.54, 1.807) is 0 Å². The van der Waals surface area contributed by atoms with E-state index >= 15 is 0 Å². The summed E-state index contributed by atoms with van der Waals surface area (Å²) >= 11 is 5.86. The predicted octanol–water partition coefficient (Wildman–Crippen LogP) is 4.96. The molecule has 19 heavy (non-hydrogen) atoms. The van der Waals surface area contributed by atoms with Gasteiger partial charge in [0.2, 0.25) is 0 Å². The van der Waals surface area contributed by atoms with Crippen LogP contribution in [0.5, 0.6) is 0 Å². The summed E-state index contributed by atoms with van der Waals surface area (Å²) in [5, 5.41) is 3.48. The third kappa shape index (κ3) is 3.51. The van der Waals surface area contributed by atoms with Gasteiger partial charge in [-0.1, -0.05) is 29.8 Å². The molecule has 1 N–H and O–H groups in total. The summed E-state index contributed by atoms with van der Waals surface area (Å²) in [5.74, 6) is 0.554. The summed E-state index contributed by atoms with van der Waals surface area (Å²) in [6.45, 7) is 7.34. The molecular formula is C17H20ClN. The van der Waals surface area contributed by atoms with Crippen molar-refractivity contribution in [1.82, 2.24) is 0 Å². The Morgan fingerprint density at radius 1 is 1.00 bits per heavy atom. The SMILES string of the molecule is Cc1cc(C)c(CNc2cccc(CCl)c2)c(C)c1. The Hall–Kier alpha value is -1.47. The van der Waals surface area contributed by atoms with Gasteiger partial charge in [-0.25, -0.2) is 0 Å². The van der Waals surface area contributed by atoms with Gasteiger partial charge < -0.3 is 5.32 Å². The van der Waals surface area contributed by atoms with Gasteiger partial charge in [-0.2, -0.15) is 0 Å². The highest BCUT2D eigenvalue weighted by molar-refractivity contribution is 6.17. The van der Waals surface area contributed by atoms with E-state index in [2.05, 4.69) is 50.4 Å². The van der Waals surface area contributed by atoms with Gasteiger partial charge >= 0.3 is 0 Å².